The molecule has 0 saturated carbocycles. The lowest BCUT2D eigenvalue weighted by molar-refractivity contribution is -0.123. The molecular weight excluding hydrogens is 519 g/mol. The highest BCUT2D eigenvalue weighted by Gasteiger charge is 2.56. The van der Waals surface area contributed by atoms with Crippen LogP contribution in [0, 0.1) is 12.7 Å². The molecule has 0 aromatic heterocycles. The van der Waals surface area contributed by atoms with Gasteiger partial charge in [0.05, 0.1) is 11.1 Å². The van der Waals surface area contributed by atoms with E-state index in [0.717, 1.165) is 0 Å². The van der Waals surface area contributed by atoms with Crippen LogP contribution < -0.4 is 10.1 Å². The van der Waals surface area contributed by atoms with E-state index in [2.05, 4.69) is 5.32 Å². The summed E-state index contributed by atoms with van der Waals surface area (Å²) in [5.74, 6) is -3.44. The topological polar surface area (TPSA) is 133 Å². The molecule has 2 atom stereocenters. The number of piperidine rings is 1. The van der Waals surface area contributed by atoms with Crippen molar-refractivity contribution in [3.05, 3.63) is 75.4 Å². The van der Waals surface area contributed by atoms with E-state index in [0.29, 0.717) is 37.2 Å². The predicted molar refractivity (Wildman–Crippen MR) is 142 cm³/mol. The molecule has 208 valence electrons. The van der Waals surface area contributed by atoms with Crippen molar-refractivity contribution >= 4 is 23.3 Å². The summed E-state index contributed by atoms with van der Waals surface area (Å²) in [6.45, 7) is 6.60. The van der Waals surface area contributed by atoms with Crippen LogP contribution in [0.1, 0.15) is 65.5 Å². The van der Waals surface area contributed by atoms with Crippen LogP contribution in [0.3, 0.4) is 0 Å². The molecule has 2 unspecified atom stereocenters. The number of ether oxygens (including phenoxy) is 1. The number of rotatable bonds is 4. The zero-order valence-electron chi connectivity index (χ0n) is 22.6. The molecule has 2 heterocycles. The van der Waals surface area contributed by atoms with E-state index in [1.807, 2.05) is 0 Å². The van der Waals surface area contributed by atoms with Crippen molar-refractivity contribution in [2.24, 2.45) is 0 Å². The normalized spacial score (nSPS) is 23.2. The number of nitrogens with one attached hydrogen (secondary N) is 1. The monoisotopic (exact) mass is 548 g/mol. The van der Waals surface area contributed by atoms with Gasteiger partial charge in [0.1, 0.15) is 39.8 Å². The Kier molecular flexibility index (Phi) is 6.52. The molecule has 2 aromatic rings. The molecule has 5 rings (SSSR count). The number of carbonyl (C=O) groups excluding carboxylic acids is 4. The van der Waals surface area contributed by atoms with Crippen LogP contribution in [0.15, 0.2) is 47.4 Å². The third-order valence-corrected chi connectivity index (χ3v) is 7.98. The first-order valence-electron chi connectivity index (χ1n) is 13.0. The van der Waals surface area contributed by atoms with Gasteiger partial charge in [-0.15, -0.1) is 0 Å². The van der Waals surface area contributed by atoms with Crippen molar-refractivity contribution in [3.63, 3.8) is 0 Å². The molecule has 10 heteroatoms. The molecule has 1 saturated heterocycles. The van der Waals surface area contributed by atoms with E-state index in [4.69, 9.17) is 4.74 Å². The Bertz CT molecular complexity index is 1560. The average molecular weight is 549 g/mol. The summed E-state index contributed by atoms with van der Waals surface area (Å²) in [4.78, 5) is 54.2. The first-order valence-corrected chi connectivity index (χ1v) is 13.0. The van der Waals surface area contributed by atoms with Gasteiger partial charge in [0.25, 0.3) is 5.91 Å². The zero-order valence-corrected chi connectivity index (χ0v) is 22.6. The SMILES string of the molecule is CC(=O)c1c(O)c(C)c(O)c2c1OC1=CC(=O)C(=C(C)NC3CCCN(C(=O)c4ccc(F)cc4)C3)C(=O)C12C. The van der Waals surface area contributed by atoms with Crippen LogP contribution in [0.25, 0.3) is 0 Å². The van der Waals surface area contributed by atoms with Crippen molar-refractivity contribution in [1.29, 1.82) is 0 Å². The predicted octanol–water partition coefficient (Wildman–Crippen LogP) is 3.60. The number of amides is 1. The van der Waals surface area contributed by atoms with E-state index in [9.17, 15) is 33.8 Å². The Morgan fingerprint density at radius 2 is 1.80 bits per heavy atom. The number of ketones is 3. The van der Waals surface area contributed by atoms with Gasteiger partial charge in [-0.3, -0.25) is 19.2 Å². The maximum absolute atomic E-state index is 14.0. The maximum Gasteiger partial charge on any atom is 0.253 e. The van der Waals surface area contributed by atoms with Crippen molar-refractivity contribution in [2.45, 2.75) is 52.0 Å². The fourth-order valence-electron chi connectivity index (χ4n) is 5.80. The number of halogens is 1. The summed E-state index contributed by atoms with van der Waals surface area (Å²) in [5.41, 5.74) is -1.18. The second-order valence-electron chi connectivity index (χ2n) is 10.6. The lowest BCUT2D eigenvalue weighted by Gasteiger charge is -2.35. The van der Waals surface area contributed by atoms with E-state index in [1.54, 1.807) is 11.8 Å². The fraction of sp³-hybridized carbons (Fsp3) is 0.333. The van der Waals surface area contributed by atoms with Gasteiger partial charge in [0, 0.05) is 42.0 Å². The van der Waals surface area contributed by atoms with Gasteiger partial charge in [-0.25, -0.2) is 4.39 Å². The van der Waals surface area contributed by atoms with Gasteiger partial charge in [0.2, 0.25) is 0 Å². The number of benzene rings is 2. The first kappa shape index (κ1) is 27.1. The molecule has 0 spiro atoms. The van der Waals surface area contributed by atoms with Gasteiger partial charge in [0.15, 0.2) is 17.3 Å². The Hall–Kier alpha value is -4.47. The molecule has 1 amide bonds. The average Bonchev–Trinajstić information content (AvgIpc) is 3.20. The lowest BCUT2D eigenvalue weighted by Crippen LogP contribution is -2.48. The number of allylic oxidation sites excluding steroid dienone is 4. The Labute approximate surface area is 229 Å². The standard InChI is InChI=1S/C30H29FN2O7/c1-14-25(36)23(16(3)34)27-24(26(14)37)30(4)21(40-27)12-20(35)22(28(30)38)15(2)32-19-6-5-11-33(13-19)29(39)17-7-9-18(31)10-8-17/h7-10,12,19,32,36-37H,5-6,11,13H2,1-4H3. The van der Waals surface area contributed by atoms with E-state index in [-0.39, 0.29) is 45.7 Å². The van der Waals surface area contributed by atoms with Gasteiger partial charge >= 0.3 is 0 Å². The number of fused-ring (bicyclic) bond motifs is 3. The summed E-state index contributed by atoms with van der Waals surface area (Å²) >= 11 is 0. The minimum Gasteiger partial charge on any atom is -0.507 e. The number of hydrogen-bond acceptors (Lipinski definition) is 8. The highest BCUT2D eigenvalue weighted by atomic mass is 19.1. The number of phenols is 2. The number of Topliss-reactive ketones (excluding diaryl/α,β-unsaturated/α-hetero) is 2. The van der Waals surface area contributed by atoms with Crippen molar-refractivity contribution < 1.29 is 38.5 Å². The van der Waals surface area contributed by atoms with Crippen LogP contribution in [0.4, 0.5) is 4.39 Å². The second kappa shape index (κ2) is 9.62. The van der Waals surface area contributed by atoms with Gasteiger partial charge in [-0.2, -0.15) is 0 Å². The van der Waals surface area contributed by atoms with Crippen LogP contribution >= 0.6 is 0 Å². The number of aromatic hydroxyl groups is 2. The highest BCUT2D eigenvalue weighted by Crippen LogP contribution is 2.57. The largest absolute Gasteiger partial charge is 0.507 e. The van der Waals surface area contributed by atoms with Crippen molar-refractivity contribution in [1.82, 2.24) is 10.2 Å². The number of nitrogens with zero attached hydrogens (tertiary/aromatic N) is 1. The van der Waals surface area contributed by atoms with Gasteiger partial charge in [-0.1, -0.05) is 0 Å². The quantitative estimate of drug-likeness (QED) is 0.300. The first-order chi connectivity index (χ1) is 18.9. The number of hydrogen-bond donors (Lipinski definition) is 3. The van der Waals surface area contributed by atoms with Crippen LogP contribution in [0.2, 0.25) is 0 Å². The summed E-state index contributed by atoms with van der Waals surface area (Å²) in [7, 11) is 0. The second-order valence-corrected chi connectivity index (χ2v) is 10.6. The van der Waals surface area contributed by atoms with E-state index < -0.39 is 40.1 Å². The number of likely N-dealkylation sites (tertiary alicyclic amines) is 1. The van der Waals surface area contributed by atoms with Crippen molar-refractivity contribution in [2.75, 3.05) is 13.1 Å². The Balaban J connectivity index is 1.47. The molecule has 2 aromatic carbocycles. The molecule has 9 nitrogen and oxygen atoms in total. The van der Waals surface area contributed by atoms with Gasteiger partial charge < -0.3 is 25.2 Å². The molecule has 40 heavy (non-hydrogen) atoms. The fourth-order valence-corrected chi connectivity index (χ4v) is 5.80. The molecule has 3 N–H and O–H groups in total. The zero-order chi connectivity index (χ0) is 29.1. The van der Waals surface area contributed by atoms with Crippen LogP contribution in [0.5, 0.6) is 17.2 Å². The molecule has 0 bridgehead atoms. The summed E-state index contributed by atoms with van der Waals surface area (Å²) in [6.07, 6.45) is 2.54. The molecule has 1 fully saturated rings. The number of carbonyl (C=O) groups is 4. The smallest absolute Gasteiger partial charge is 0.253 e. The summed E-state index contributed by atoms with van der Waals surface area (Å²) in [5, 5.41) is 24.7. The molecule has 1 aliphatic carbocycles. The maximum atomic E-state index is 14.0. The third-order valence-electron chi connectivity index (χ3n) is 7.98. The van der Waals surface area contributed by atoms with Crippen LogP contribution in [-0.2, 0) is 15.0 Å². The van der Waals surface area contributed by atoms with E-state index >= 15 is 0 Å². The number of phenolic OH excluding ortho intramolecular Hbond substituents is 2. The third kappa shape index (κ3) is 4.06. The molecular formula is C30H29FN2O7. The summed E-state index contributed by atoms with van der Waals surface area (Å²) in [6, 6.07) is 5.07. The summed E-state index contributed by atoms with van der Waals surface area (Å²) < 4.78 is 19.1. The van der Waals surface area contributed by atoms with Crippen LogP contribution in [-0.4, -0.2) is 57.5 Å². The minimum absolute atomic E-state index is 0.0215. The Morgan fingerprint density at radius 1 is 1.12 bits per heavy atom. The Morgan fingerprint density at radius 3 is 2.45 bits per heavy atom. The minimum atomic E-state index is -1.61. The molecule has 0 radical (unpaired) electrons. The van der Waals surface area contributed by atoms with E-state index in [1.165, 1.54) is 51.1 Å². The van der Waals surface area contributed by atoms with Gasteiger partial charge in [-0.05, 0) is 64.8 Å². The lowest BCUT2D eigenvalue weighted by atomic mass is 9.70. The van der Waals surface area contributed by atoms with Crippen molar-refractivity contribution in [3.8, 4) is 17.2 Å². The highest BCUT2D eigenvalue weighted by molar-refractivity contribution is 6.31. The molecule has 3 aliphatic rings. The molecule has 2 aliphatic heterocycles.